The maximum atomic E-state index is 11.4. The van der Waals surface area contributed by atoms with Gasteiger partial charge in [0.05, 0.1) is 0 Å². The maximum absolute atomic E-state index is 11.4. The van der Waals surface area contributed by atoms with Gasteiger partial charge in [-0.15, -0.1) is 0 Å². The SMILES string of the molecule is CNC(=O)COc1cccc2[nH]cc(C3CCCC3)c12. The van der Waals surface area contributed by atoms with Crippen molar-refractivity contribution in [2.45, 2.75) is 31.6 Å². The highest BCUT2D eigenvalue weighted by molar-refractivity contribution is 5.90. The van der Waals surface area contributed by atoms with Crippen LogP contribution in [0.15, 0.2) is 24.4 Å². The van der Waals surface area contributed by atoms with Crippen molar-refractivity contribution in [2.24, 2.45) is 0 Å². The summed E-state index contributed by atoms with van der Waals surface area (Å²) in [6.07, 6.45) is 7.21. The van der Waals surface area contributed by atoms with Crippen molar-refractivity contribution in [3.8, 4) is 5.75 Å². The van der Waals surface area contributed by atoms with Crippen LogP contribution in [0.5, 0.6) is 5.75 Å². The normalized spacial score (nSPS) is 15.7. The third-order valence-corrected chi connectivity index (χ3v) is 4.13. The molecule has 1 aromatic heterocycles. The molecule has 1 fully saturated rings. The van der Waals surface area contributed by atoms with Gasteiger partial charge in [0.1, 0.15) is 5.75 Å². The number of hydrogen-bond donors (Lipinski definition) is 2. The van der Waals surface area contributed by atoms with E-state index in [0.717, 1.165) is 16.7 Å². The van der Waals surface area contributed by atoms with E-state index in [4.69, 9.17) is 4.74 Å². The van der Waals surface area contributed by atoms with Gasteiger partial charge < -0.3 is 15.0 Å². The smallest absolute Gasteiger partial charge is 0.257 e. The molecular weight excluding hydrogens is 252 g/mol. The Morgan fingerprint density at radius 2 is 2.20 bits per heavy atom. The van der Waals surface area contributed by atoms with Gasteiger partial charge in [-0.05, 0) is 36.5 Å². The van der Waals surface area contributed by atoms with Crippen LogP contribution in [0.2, 0.25) is 0 Å². The Kier molecular flexibility index (Phi) is 3.63. The van der Waals surface area contributed by atoms with Crippen LogP contribution >= 0.6 is 0 Å². The minimum absolute atomic E-state index is 0.0604. The quantitative estimate of drug-likeness (QED) is 0.899. The summed E-state index contributed by atoms with van der Waals surface area (Å²) >= 11 is 0. The first-order valence-electron chi connectivity index (χ1n) is 7.23. The average molecular weight is 272 g/mol. The molecule has 0 unspecified atom stereocenters. The number of rotatable bonds is 4. The Bertz CT molecular complexity index is 612. The van der Waals surface area contributed by atoms with Crippen molar-refractivity contribution in [1.82, 2.24) is 10.3 Å². The Morgan fingerprint density at radius 1 is 1.40 bits per heavy atom. The van der Waals surface area contributed by atoms with Crippen LogP contribution in [-0.4, -0.2) is 24.5 Å². The van der Waals surface area contributed by atoms with E-state index in [2.05, 4.69) is 22.6 Å². The van der Waals surface area contributed by atoms with Crippen LogP contribution in [-0.2, 0) is 4.79 Å². The first kappa shape index (κ1) is 13.0. The van der Waals surface area contributed by atoms with Gasteiger partial charge in [0.15, 0.2) is 6.61 Å². The molecule has 1 saturated carbocycles. The minimum atomic E-state index is -0.111. The zero-order chi connectivity index (χ0) is 13.9. The monoisotopic (exact) mass is 272 g/mol. The Balaban J connectivity index is 1.94. The van der Waals surface area contributed by atoms with Gasteiger partial charge in [0.25, 0.3) is 5.91 Å². The number of aromatic amines is 1. The van der Waals surface area contributed by atoms with E-state index in [1.54, 1.807) is 7.05 Å². The Morgan fingerprint density at radius 3 is 2.95 bits per heavy atom. The van der Waals surface area contributed by atoms with Crippen molar-refractivity contribution in [3.05, 3.63) is 30.0 Å². The summed E-state index contributed by atoms with van der Waals surface area (Å²) in [5, 5.41) is 3.72. The molecule has 3 rings (SSSR count). The lowest BCUT2D eigenvalue weighted by atomic mass is 9.97. The Hall–Kier alpha value is -1.97. The molecule has 2 aromatic rings. The largest absolute Gasteiger partial charge is 0.483 e. The minimum Gasteiger partial charge on any atom is -0.483 e. The molecule has 20 heavy (non-hydrogen) atoms. The Labute approximate surface area is 118 Å². The molecule has 0 spiro atoms. The van der Waals surface area contributed by atoms with Crippen molar-refractivity contribution in [2.75, 3.05) is 13.7 Å². The zero-order valence-corrected chi connectivity index (χ0v) is 11.7. The van der Waals surface area contributed by atoms with Crippen LogP contribution in [0.3, 0.4) is 0 Å². The predicted octanol–water partition coefficient (Wildman–Crippen LogP) is 2.95. The lowest BCUT2D eigenvalue weighted by molar-refractivity contribution is -0.122. The molecule has 1 heterocycles. The summed E-state index contributed by atoms with van der Waals surface area (Å²) in [4.78, 5) is 14.7. The highest BCUT2D eigenvalue weighted by Gasteiger charge is 2.22. The first-order chi connectivity index (χ1) is 9.79. The molecule has 1 aliphatic rings. The van der Waals surface area contributed by atoms with Crippen LogP contribution in [0.4, 0.5) is 0 Å². The van der Waals surface area contributed by atoms with E-state index in [1.165, 1.54) is 31.2 Å². The predicted molar refractivity (Wildman–Crippen MR) is 79.1 cm³/mol. The highest BCUT2D eigenvalue weighted by Crippen LogP contribution is 2.40. The van der Waals surface area contributed by atoms with E-state index >= 15 is 0 Å². The average Bonchev–Trinajstić information content (AvgIpc) is 3.12. The summed E-state index contributed by atoms with van der Waals surface area (Å²) in [5.74, 6) is 1.31. The second kappa shape index (κ2) is 5.57. The molecule has 1 amide bonds. The number of H-pyrrole nitrogens is 1. The van der Waals surface area contributed by atoms with Crippen molar-refractivity contribution in [3.63, 3.8) is 0 Å². The molecule has 1 aromatic carbocycles. The number of aromatic nitrogens is 1. The summed E-state index contributed by atoms with van der Waals surface area (Å²) in [6.45, 7) is 0.0604. The number of benzene rings is 1. The van der Waals surface area contributed by atoms with Gasteiger partial charge in [-0.1, -0.05) is 18.9 Å². The maximum Gasteiger partial charge on any atom is 0.257 e. The van der Waals surface area contributed by atoms with E-state index in [1.807, 2.05) is 12.1 Å². The summed E-state index contributed by atoms with van der Waals surface area (Å²) in [6, 6.07) is 5.95. The summed E-state index contributed by atoms with van der Waals surface area (Å²) in [5.41, 5.74) is 2.42. The first-order valence-corrected chi connectivity index (χ1v) is 7.23. The second-order valence-electron chi connectivity index (χ2n) is 5.37. The summed E-state index contributed by atoms with van der Waals surface area (Å²) < 4.78 is 5.70. The molecule has 2 N–H and O–H groups in total. The number of ether oxygens (including phenoxy) is 1. The second-order valence-corrected chi connectivity index (χ2v) is 5.37. The fourth-order valence-electron chi connectivity index (χ4n) is 3.07. The molecule has 1 aliphatic carbocycles. The van der Waals surface area contributed by atoms with E-state index in [9.17, 15) is 4.79 Å². The number of carbonyl (C=O) groups excluding carboxylic acids is 1. The van der Waals surface area contributed by atoms with Gasteiger partial charge in [-0.3, -0.25) is 4.79 Å². The molecule has 106 valence electrons. The number of likely N-dealkylation sites (N-methyl/N-ethyl adjacent to an activating group) is 1. The van der Waals surface area contributed by atoms with Crippen molar-refractivity contribution in [1.29, 1.82) is 0 Å². The third kappa shape index (κ3) is 2.38. The molecule has 0 atom stereocenters. The summed E-state index contributed by atoms with van der Waals surface area (Å²) in [7, 11) is 1.62. The fraction of sp³-hybridized carbons (Fsp3) is 0.438. The van der Waals surface area contributed by atoms with Crippen molar-refractivity contribution >= 4 is 16.8 Å². The van der Waals surface area contributed by atoms with Crippen LogP contribution < -0.4 is 10.1 Å². The lowest BCUT2D eigenvalue weighted by Gasteiger charge is -2.11. The van der Waals surface area contributed by atoms with Gasteiger partial charge in [-0.2, -0.15) is 0 Å². The van der Waals surface area contributed by atoms with Gasteiger partial charge in [0.2, 0.25) is 0 Å². The molecule has 4 nitrogen and oxygen atoms in total. The van der Waals surface area contributed by atoms with Crippen molar-refractivity contribution < 1.29 is 9.53 Å². The lowest BCUT2D eigenvalue weighted by Crippen LogP contribution is -2.24. The van der Waals surface area contributed by atoms with Crippen LogP contribution in [0.25, 0.3) is 10.9 Å². The topological polar surface area (TPSA) is 54.1 Å². The molecule has 0 radical (unpaired) electrons. The molecule has 0 aliphatic heterocycles. The van der Waals surface area contributed by atoms with Gasteiger partial charge >= 0.3 is 0 Å². The highest BCUT2D eigenvalue weighted by atomic mass is 16.5. The number of amides is 1. The number of fused-ring (bicyclic) bond motifs is 1. The van der Waals surface area contributed by atoms with Gasteiger partial charge in [-0.25, -0.2) is 0 Å². The molecule has 0 bridgehead atoms. The van der Waals surface area contributed by atoms with Crippen LogP contribution in [0.1, 0.15) is 37.2 Å². The standard InChI is InChI=1S/C16H20N2O2/c1-17-15(19)10-20-14-8-4-7-13-16(14)12(9-18-13)11-5-2-3-6-11/h4,7-9,11,18H,2-3,5-6,10H2,1H3,(H,17,19). The zero-order valence-electron chi connectivity index (χ0n) is 11.7. The van der Waals surface area contributed by atoms with E-state index in [0.29, 0.717) is 5.92 Å². The molecular formula is C16H20N2O2. The number of nitrogens with one attached hydrogen (secondary N) is 2. The number of carbonyl (C=O) groups is 1. The van der Waals surface area contributed by atoms with Crippen LogP contribution in [0, 0.1) is 0 Å². The molecule has 0 saturated heterocycles. The van der Waals surface area contributed by atoms with E-state index in [-0.39, 0.29) is 12.5 Å². The van der Waals surface area contributed by atoms with Gasteiger partial charge in [0, 0.05) is 24.1 Å². The van der Waals surface area contributed by atoms with E-state index < -0.39 is 0 Å². The third-order valence-electron chi connectivity index (χ3n) is 4.13. The fourth-order valence-corrected chi connectivity index (χ4v) is 3.07. The number of hydrogen-bond acceptors (Lipinski definition) is 2. The molecule has 4 heteroatoms.